The molecule has 4 heteroatoms. The van der Waals surface area contributed by atoms with Gasteiger partial charge in [-0.15, -0.1) is 0 Å². The van der Waals surface area contributed by atoms with Gasteiger partial charge in [-0.1, -0.05) is 19.9 Å². The molecule has 19 heavy (non-hydrogen) atoms. The third-order valence-corrected chi connectivity index (χ3v) is 3.75. The lowest BCUT2D eigenvalue weighted by atomic mass is 10.1. The predicted octanol–water partition coefficient (Wildman–Crippen LogP) is 4.70. The van der Waals surface area contributed by atoms with Crippen molar-refractivity contribution in [3.05, 3.63) is 23.0 Å². The number of ether oxygens (including phenoxy) is 1. The Kier molecular flexibility index (Phi) is 3.99. The van der Waals surface area contributed by atoms with Crippen LogP contribution in [0.4, 0.5) is 0 Å². The number of para-hydroxylation sites is 1. The van der Waals surface area contributed by atoms with Crippen molar-refractivity contribution in [1.82, 2.24) is 9.55 Å². The van der Waals surface area contributed by atoms with E-state index in [1.165, 1.54) is 0 Å². The number of aromatic amines is 1. The largest absolute Gasteiger partial charge is 0.489 e. The van der Waals surface area contributed by atoms with E-state index in [0.29, 0.717) is 12.0 Å². The molecule has 0 radical (unpaired) electrons. The molecule has 0 fully saturated rings. The summed E-state index contributed by atoms with van der Waals surface area (Å²) in [6.45, 7) is 10.7. The van der Waals surface area contributed by atoms with Crippen molar-refractivity contribution in [3.8, 4) is 5.75 Å². The Bertz CT molecular complexity index is 625. The van der Waals surface area contributed by atoms with Gasteiger partial charge in [-0.05, 0) is 51.0 Å². The second-order valence-electron chi connectivity index (χ2n) is 5.60. The molecule has 0 aliphatic heterocycles. The van der Waals surface area contributed by atoms with Crippen LogP contribution in [0.3, 0.4) is 0 Å². The molecule has 0 aliphatic carbocycles. The van der Waals surface area contributed by atoms with Gasteiger partial charge in [0, 0.05) is 6.04 Å². The van der Waals surface area contributed by atoms with Crippen molar-refractivity contribution < 1.29 is 4.74 Å². The number of aromatic nitrogens is 2. The third kappa shape index (κ3) is 2.68. The number of rotatable bonds is 4. The zero-order valence-corrected chi connectivity index (χ0v) is 13.0. The van der Waals surface area contributed by atoms with Crippen molar-refractivity contribution in [2.45, 2.75) is 46.8 Å². The van der Waals surface area contributed by atoms with Crippen LogP contribution in [0, 0.1) is 10.7 Å². The maximum absolute atomic E-state index is 5.85. The summed E-state index contributed by atoms with van der Waals surface area (Å²) in [5.74, 6) is 1.40. The lowest BCUT2D eigenvalue weighted by Gasteiger charge is -2.18. The van der Waals surface area contributed by atoms with Crippen molar-refractivity contribution in [2.75, 3.05) is 0 Å². The number of benzene rings is 1. The average molecular weight is 278 g/mol. The average Bonchev–Trinajstić information content (AvgIpc) is 2.65. The third-order valence-electron chi connectivity index (χ3n) is 3.45. The van der Waals surface area contributed by atoms with E-state index in [1.807, 2.05) is 26.0 Å². The highest BCUT2D eigenvalue weighted by atomic mass is 32.1. The lowest BCUT2D eigenvalue weighted by Crippen LogP contribution is -2.11. The standard InChI is InChI=1S/C15H22N2OS/c1-9(2)11(5)17-12-7-6-8-13(18-10(3)4)14(12)16-15(17)19/h6-11H,1-5H3,(H,16,19). The molecule has 2 aromatic rings. The number of imidazole rings is 1. The zero-order chi connectivity index (χ0) is 14.2. The fourth-order valence-electron chi connectivity index (χ4n) is 2.18. The monoisotopic (exact) mass is 278 g/mol. The second kappa shape index (κ2) is 5.37. The molecule has 0 spiro atoms. The molecule has 0 aliphatic rings. The van der Waals surface area contributed by atoms with Crippen LogP contribution < -0.4 is 4.74 Å². The summed E-state index contributed by atoms with van der Waals surface area (Å²) in [4.78, 5) is 3.29. The van der Waals surface area contributed by atoms with E-state index < -0.39 is 0 Å². The molecule has 3 nitrogen and oxygen atoms in total. The van der Waals surface area contributed by atoms with Crippen molar-refractivity contribution in [3.63, 3.8) is 0 Å². The summed E-state index contributed by atoms with van der Waals surface area (Å²) >= 11 is 5.47. The zero-order valence-electron chi connectivity index (χ0n) is 12.2. The molecular formula is C15H22N2OS. The molecule has 0 amide bonds. The molecule has 1 N–H and O–H groups in total. The number of nitrogens with one attached hydrogen (secondary N) is 1. The molecule has 1 aromatic carbocycles. The van der Waals surface area contributed by atoms with Gasteiger partial charge >= 0.3 is 0 Å². The van der Waals surface area contributed by atoms with Crippen LogP contribution >= 0.6 is 12.2 Å². The second-order valence-corrected chi connectivity index (χ2v) is 5.99. The minimum atomic E-state index is 0.151. The summed E-state index contributed by atoms with van der Waals surface area (Å²) in [5, 5.41) is 0. The quantitative estimate of drug-likeness (QED) is 0.821. The summed E-state index contributed by atoms with van der Waals surface area (Å²) in [6.07, 6.45) is 0.151. The van der Waals surface area contributed by atoms with Crippen molar-refractivity contribution in [2.24, 2.45) is 5.92 Å². The topological polar surface area (TPSA) is 29.9 Å². The van der Waals surface area contributed by atoms with Crippen LogP contribution in [0.2, 0.25) is 0 Å². The minimum Gasteiger partial charge on any atom is -0.489 e. The maximum Gasteiger partial charge on any atom is 0.178 e. The Morgan fingerprint density at radius 1 is 1.16 bits per heavy atom. The summed E-state index contributed by atoms with van der Waals surface area (Å²) in [7, 11) is 0. The van der Waals surface area contributed by atoms with Crippen LogP contribution in [0.15, 0.2) is 18.2 Å². The van der Waals surface area contributed by atoms with Gasteiger partial charge in [0.25, 0.3) is 0 Å². The first-order valence-electron chi connectivity index (χ1n) is 6.81. The molecule has 0 saturated heterocycles. The summed E-state index contributed by atoms with van der Waals surface area (Å²) < 4.78 is 8.79. The van der Waals surface area contributed by atoms with E-state index in [4.69, 9.17) is 17.0 Å². The van der Waals surface area contributed by atoms with E-state index in [0.717, 1.165) is 21.6 Å². The number of hydrogen-bond donors (Lipinski definition) is 1. The highest BCUT2D eigenvalue weighted by molar-refractivity contribution is 7.71. The number of H-pyrrole nitrogens is 1. The Balaban J connectivity index is 2.62. The van der Waals surface area contributed by atoms with E-state index in [-0.39, 0.29) is 6.10 Å². The number of nitrogens with zero attached hydrogens (tertiary/aromatic N) is 1. The van der Waals surface area contributed by atoms with E-state index in [9.17, 15) is 0 Å². The molecule has 1 atom stereocenters. The van der Waals surface area contributed by atoms with E-state index >= 15 is 0 Å². The van der Waals surface area contributed by atoms with Gasteiger partial charge in [0.05, 0.1) is 11.6 Å². The Morgan fingerprint density at radius 3 is 2.42 bits per heavy atom. The van der Waals surface area contributed by atoms with Gasteiger partial charge in [0.2, 0.25) is 0 Å². The highest BCUT2D eigenvalue weighted by Crippen LogP contribution is 2.29. The van der Waals surface area contributed by atoms with Crippen LogP contribution in [0.25, 0.3) is 11.0 Å². The van der Waals surface area contributed by atoms with E-state index in [1.54, 1.807) is 0 Å². The highest BCUT2D eigenvalue weighted by Gasteiger charge is 2.16. The van der Waals surface area contributed by atoms with Gasteiger partial charge in [0.1, 0.15) is 11.3 Å². The van der Waals surface area contributed by atoms with Crippen molar-refractivity contribution >= 4 is 23.3 Å². The van der Waals surface area contributed by atoms with Crippen LogP contribution in [-0.4, -0.2) is 15.7 Å². The molecule has 0 bridgehead atoms. The first-order valence-corrected chi connectivity index (χ1v) is 7.22. The lowest BCUT2D eigenvalue weighted by molar-refractivity contribution is 0.245. The predicted molar refractivity (Wildman–Crippen MR) is 82.4 cm³/mol. The fraction of sp³-hybridized carbons (Fsp3) is 0.533. The summed E-state index contributed by atoms with van der Waals surface area (Å²) in [5.41, 5.74) is 2.11. The first kappa shape index (κ1) is 14.1. The normalized spacial score (nSPS) is 13.4. The molecular weight excluding hydrogens is 256 g/mol. The smallest absolute Gasteiger partial charge is 0.178 e. The van der Waals surface area contributed by atoms with Gasteiger partial charge in [-0.25, -0.2) is 0 Å². The van der Waals surface area contributed by atoms with Gasteiger partial charge in [-0.2, -0.15) is 0 Å². The summed E-state index contributed by atoms with van der Waals surface area (Å²) in [6, 6.07) is 6.45. The van der Waals surface area contributed by atoms with Crippen LogP contribution in [0.5, 0.6) is 5.75 Å². The van der Waals surface area contributed by atoms with Gasteiger partial charge < -0.3 is 14.3 Å². The molecule has 1 heterocycles. The maximum atomic E-state index is 5.85. The Morgan fingerprint density at radius 2 is 1.84 bits per heavy atom. The molecule has 1 aromatic heterocycles. The molecule has 104 valence electrons. The van der Waals surface area contributed by atoms with E-state index in [2.05, 4.69) is 36.4 Å². The Hall–Kier alpha value is -1.29. The number of fused-ring (bicyclic) bond motifs is 1. The van der Waals surface area contributed by atoms with Gasteiger partial charge in [0.15, 0.2) is 4.77 Å². The first-order chi connectivity index (χ1) is 8.91. The molecule has 0 saturated carbocycles. The van der Waals surface area contributed by atoms with Crippen molar-refractivity contribution in [1.29, 1.82) is 0 Å². The molecule has 1 unspecified atom stereocenters. The van der Waals surface area contributed by atoms with Crippen LogP contribution in [-0.2, 0) is 0 Å². The molecule has 2 rings (SSSR count). The van der Waals surface area contributed by atoms with Crippen LogP contribution in [0.1, 0.15) is 40.7 Å². The minimum absolute atomic E-state index is 0.151. The number of hydrogen-bond acceptors (Lipinski definition) is 2. The van der Waals surface area contributed by atoms with Gasteiger partial charge in [-0.3, -0.25) is 0 Å². The Labute approximate surface area is 119 Å². The SMILES string of the molecule is CC(C)Oc1cccc2c1[nH]c(=S)n2C(C)C(C)C. The fourth-order valence-corrected chi connectivity index (χ4v) is 2.54.